The average molecular weight is 321 g/mol. The number of carbonyl (C=O) groups excluding carboxylic acids is 2. The van der Waals surface area contributed by atoms with Crippen LogP contribution in [0.1, 0.15) is 31.4 Å². The van der Waals surface area contributed by atoms with E-state index in [1.165, 1.54) is 5.56 Å². The zero-order chi connectivity index (χ0) is 17.4. The van der Waals surface area contributed by atoms with Crippen LogP contribution in [0.4, 0.5) is 4.79 Å². The molecule has 1 rings (SSSR count). The molecule has 0 aliphatic rings. The predicted octanol–water partition coefficient (Wildman–Crippen LogP) is 1.88. The van der Waals surface area contributed by atoms with E-state index in [0.29, 0.717) is 19.6 Å². The molecule has 0 saturated carbocycles. The molecular weight excluding hydrogens is 294 g/mol. The van der Waals surface area contributed by atoms with Crippen molar-refractivity contribution >= 4 is 11.9 Å². The summed E-state index contributed by atoms with van der Waals surface area (Å²) < 4.78 is 5.66. The zero-order valence-corrected chi connectivity index (χ0v) is 14.3. The number of aryl methyl sites for hydroxylation is 2. The van der Waals surface area contributed by atoms with Crippen LogP contribution in [0.2, 0.25) is 0 Å². The Hall–Kier alpha value is -2.24. The number of carbonyl (C=O) groups is 2. The molecule has 0 unspecified atom stereocenters. The monoisotopic (exact) mass is 321 g/mol. The molecule has 1 atom stereocenters. The molecule has 3 amide bonds. The Morgan fingerprint density at radius 2 is 1.96 bits per heavy atom. The SMILES string of the molecule is Cc1ccc(OCCNC(=O)[C@H](CC(C)C)NC(N)=O)c(C)c1. The molecule has 0 fully saturated rings. The van der Waals surface area contributed by atoms with Gasteiger partial charge in [0.1, 0.15) is 18.4 Å². The van der Waals surface area contributed by atoms with Gasteiger partial charge in [0.25, 0.3) is 0 Å². The first-order valence-electron chi connectivity index (χ1n) is 7.83. The Kier molecular flexibility index (Phi) is 7.38. The van der Waals surface area contributed by atoms with E-state index in [-0.39, 0.29) is 11.8 Å². The number of primary amides is 1. The Bertz CT molecular complexity index is 544. The summed E-state index contributed by atoms with van der Waals surface area (Å²) in [4.78, 5) is 23.1. The van der Waals surface area contributed by atoms with Gasteiger partial charge in [-0.3, -0.25) is 4.79 Å². The molecule has 0 aliphatic carbocycles. The first kappa shape index (κ1) is 18.8. The molecular formula is C17H27N3O3. The van der Waals surface area contributed by atoms with Crippen molar-refractivity contribution in [1.29, 1.82) is 0 Å². The maximum absolute atomic E-state index is 12.1. The highest BCUT2D eigenvalue weighted by Crippen LogP contribution is 2.18. The minimum absolute atomic E-state index is 0.248. The fraction of sp³-hybridized carbons (Fsp3) is 0.529. The summed E-state index contributed by atoms with van der Waals surface area (Å²) in [5.74, 6) is 0.824. The van der Waals surface area contributed by atoms with Gasteiger partial charge >= 0.3 is 6.03 Å². The van der Waals surface area contributed by atoms with Gasteiger partial charge in [0.15, 0.2) is 0 Å². The van der Waals surface area contributed by atoms with Crippen molar-refractivity contribution in [1.82, 2.24) is 10.6 Å². The summed E-state index contributed by atoms with van der Waals surface area (Å²) in [6, 6.07) is 4.63. The number of ether oxygens (including phenoxy) is 1. The fourth-order valence-electron chi connectivity index (χ4n) is 2.29. The number of nitrogens with one attached hydrogen (secondary N) is 2. The van der Waals surface area contributed by atoms with Crippen LogP contribution in [-0.2, 0) is 4.79 Å². The van der Waals surface area contributed by atoms with E-state index in [1.54, 1.807) is 0 Å². The van der Waals surface area contributed by atoms with Gasteiger partial charge in [-0.25, -0.2) is 4.79 Å². The predicted molar refractivity (Wildman–Crippen MR) is 90.4 cm³/mol. The number of hydrogen-bond acceptors (Lipinski definition) is 3. The summed E-state index contributed by atoms with van der Waals surface area (Å²) in [7, 11) is 0. The van der Waals surface area contributed by atoms with Crippen molar-refractivity contribution in [3.8, 4) is 5.75 Å². The molecule has 23 heavy (non-hydrogen) atoms. The quantitative estimate of drug-likeness (QED) is 0.638. The van der Waals surface area contributed by atoms with Gasteiger partial charge < -0.3 is 21.1 Å². The lowest BCUT2D eigenvalue weighted by molar-refractivity contribution is -0.123. The summed E-state index contributed by atoms with van der Waals surface area (Å²) >= 11 is 0. The standard InChI is InChI=1S/C17H27N3O3/c1-11(2)9-14(20-17(18)22)16(21)19-7-8-23-15-6-5-12(3)10-13(15)4/h5-6,10-11,14H,7-9H2,1-4H3,(H,19,21)(H3,18,20,22)/t14-/m0/s1. The van der Waals surface area contributed by atoms with Crippen LogP contribution in [-0.4, -0.2) is 31.1 Å². The van der Waals surface area contributed by atoms with Crippen molar-refractivity contribution in [2.75, 3.05) is 13.2 Å². The van der Waals surface area contributed by atoms with Crippen LogP contribution in [0.15, 0.2) is 18.2 Å². The van der Waals surface area contributed by atoms with E-state index in [9.17, 15) is 9.59 Å². The number of urea groups is 1. The molecule has 6 heteroatoms. The van der Waals surface area contributed by atoms with Crippen molar-refractivity contribution in [3.05, 3.63) is 29.3 Å². The summed E-state index contributed by atoms with van der Waals surface area (Å²) in [5, 5.41) is 5.23. The number of hydrogen-bond donors (Lipinski definition) is 3. The maximum Gasteiger partial charge on any atom is 0.312 e. The smallest absolute Gasteiger partial charge is 0.312 e. The molecule has 0 heterocycles. The molecule has 1 aromatic carbocycles. The Balaban J connectivity index is 2.43. The van der Waals surface area contributed by atoms with E-state index >= 15 is 0 Å². The van der Waals surface area contributed by atoms with Crippen molar-refractivity contribution in [2.24, 2.45) is 11.7 Å². The topological polar surface area (TPSA) is 93.4 Å². The van der Waals surface area contributed by atoms with Gasteiger partial charge in [-0.05, 0) is 37.8 Å². The highest BCUT2D eigenvalue weighted by molar-refractivity contribution is 5.86. The minimum Gasteiger partial charge on any atom is -0.491 e. The average Bonchev–Trinajstić information content (AvgIpc) is 2.43. The second kappa shape index (κ2) is 9.02. The lowest BCUT2D eigenvalue weighted by Crippen LogP contribution is -2.49. The number of amides is 3. The third kappa shape index (κ3) is 7.04. The summed E-state index contributed by atoms with van der Waals surface area (Å²) in [6.07, 6.45) is 0.534. The first-order valence-corrected chi connectivity index (χ1v) is 7.83. The van der Waals surface area contributed by atoms with Crippen LogP contribution in [0.3, 0.4) is 0 Å². The summed E-state index contributed by atoms with van der Waals surface area (Å²) in [6.45, 7) is 8.69. The normalized spacial score (nSPS) is 11.9. The first-order chi connectivity index (χ1) is 10.8. The number of nitrogens with two attached hydrogens (primary N) is 1. The fourth-order valence-corrected chi connectivity index (χ4v) is 2.29. The van der Waals surface area contributed by atoms with Crippen LogP contribution < -0.4 is 21.1 Å². The van der Waals surface area contributed by atoms with E-state index < -0.39 is 12.1 Å². The highest BCUT2D eigenvalue weighted by Gasteiger charge is 2.20. The third-order valence-corrected chi connectivity index (χ3v) is 3.33. The molecule has 6 nitrogen and oxygen atoms in total. The Morgan fingerprint density at radius 1 is 1.26 bits per heavy atom. The van der Waals surface area contributed by atoms with Crippen LogP contribution in [0, 0.1) is 19.8 Å². The van der Waals surface area contributed by atoms with Crippen molar-refractivity contribution in [3.63, 3.8) is 0 Å². The maximum atomic E-state index is 12.1. The van der Waals surface area contributed by atoms with Crippen molar-refractivity contribution < 1.29 is 14.3 Å². The minimum atomic E-state index is -0.697. The van der Waals surface area contributed by atoms with E-state index in [2.05, 4.69) is 10.6 Å². The number of benzene rings is 1. The Morgan fingerprint density at radius 3 is 2.52 bits per heavy atom. The van der Waals surface area contributed by atoms with Crippen molar-refractivity contribution in [2.45, 2.75) is 40.2 Å². The molecule has 0 spiro atoms. The van der Waals surface area contributed by atoms with Gasteiger partial charge in [0.2, 0.25) is 5.91 Å². The molecule has 0 aliphatic heterocycles. The van der Waals surface area contributed by atoms with Gasteiger partial charge in [-0.2, -0.15) is 0 Å². The van der Waals surface area contributed by atoms with E-state index in [1.807, 2.05) is 45.9 Å². The van der Waals surface area contributed by atoms with Gasteiger partial charge in [-0.15, -0.1) is 0 Å². The van der Waals surface area contributed by atoms with Crippen LogP contribution in [0.25, 0.3) is 0 Å². The van der Waals surface area contributed by atoms with Crippen LogP contribution >= 0.6 is 0 Å². The third-order valence-electron chi connectivity index (χ3n) is 3.33. The lowest BCUT2D eigenvalue weighted by Gasteiger charge is -2.19. The lowest BCUT2D eigenvalue weighted by atomic mass is 10.0. The number of rotatable bonds is 8. The van der Waals surface area contributed by atoms with Gasteiger partial charge in [0.05, 0.1) is 6.54 Å². The molecule has 0 saturated heterocycles. The zero-order valence-electron chi connectivity index (χ0n) is 14.3. The van der Waals surface area contributed by atoms with Gasteiger partial charge in [-0.1, -0.05) is 31.5 Å². The van der Waals surface area contributed by atoms with E-state index in [0.717, 1.165) is 11.3 Å². The molecule has 0 radical (unpaired) electrons. The van der Waals surface area contributed by atoms with Gasteiger partial charge in [0, 0.05) is 0 Å². The molecule has 0 bridgehead atoms. The second-order valence-electron chi connectivity index (χ2n) is 6.10. The molecule has 128 valence electrons. The second-order valence-corrected chi connectivity index (χ2v) is 6.10. The summed E-state index contributed by atoms with van der Waals surface area (Å²) in [5.41, 5.74) is 7.35. The molecule has 0 aromatic heterocycles. The molecule has 1 aromatic rings. The molecule has 4 N–H and O–H groups in total. The Labute approximate surface area is 137 Å². The highest BCUT2D eigenvalue weighted by atomic mass is 16.5. The largest absolute Gasteiger partial charge is 0.491 e. The van der Waals surface area contributed by atoms with E-state index in [4.69, 9.17) is 10.5 Å². The van der Waals surface area contributed by atoms with Crippen LogP contribution in [0.5, 0.6) is 5.75 Å².